The molecule has 11 heteroatoms. The van der Waals surface area contributed by atoms with Crippen LogP contribution >= 0.6 is 0 Å². The molecular formula is C34H36N10O. The van der Waals surface area contributed by atoms with Crippen molar-refractivity contribution in [2.24, 2.45) is 0 Å². The van der Waals surface area contributed by atoms with Crippen LogP contribution in [0.25, 0.3) is 21.8 Å². The zero-order chi connectivity index (χ0) is 31.7. The Morgan fingerprint density at radius 2 is 0.911 bits per heavy atom. The summed E-state index contributed by atoms with van der Waals surface area (Å²) in [5.74, 6) is 1.89. The van der Waals surface area contributed by atoms with Gasteiger partial charge in [0.2, 0.25) is 17.8 Å². The fourth-order valence-electron chi connectivity index (χ4n) is 5.17. The molecule has 45 heavy (non-hydrogen) atoms. The molecule has 6 aromatic rings. The molecule has 0 spiro atoms. The quantitative estimate of drug-likeness (QED) is 0.160. The van der Waals surface area contributed by atoms with Gasteiger partial charge in [-0.3, -0.25) is 9.97 Å². The summed E-state index contributed by atoms with van der Waals surface area (Å²) in [5, 5.41) is 12.1. The fraction of sp³-hybridized carbons (Fsp3) is 0.206. The monoisotopic (exact) mass is 600 g/mol. The Bertz CT molecular complexity index is 1890. The van der Waals surface area contributed by atoms with Crippen molar-refractivity contribution in [1.82, 2.24) is 24.9 Å². The van der Waals surface area contributed by atoms with Gasteiger partial charge in [0.15, 0.2) is 0 Å². The molecule has 0 saturated carbocycles. The number of aryl methyl sites for hydroxylation is 2. The van der Waals surface area contributed by atoms with Crippen molar-refractivity contribution in [3.8, 4) is 5.75 Å². The summed E-state index contributed by atoms with van der Waals surface area (Å²) < 4.78 is 5.31. The molecule has 3 aromatic heterocycles. The number of ether oxygens (including phenoxy) is 1. The van der Waals surface area contributed by atoms with Crippen LogP contribution in [0.15, 0.2) is 72.8 Å². The summed E-state index contributed by atoms with van der Waals surface area (Å²) in [6.45, 7) is 4.01. The maximum Gasteiger partial charge on any atom is 0.233 e. The normalized spacial score (nSPS) is 11.0. The number of pyridine rings is 2. The molecule has 228 valence electrons. The van der Waals surface area contributed by atoms with Gasteiger partial charge < -0.3 is 30.5 Å². The summed E-state index contributed by atoms with van der Waals surface area (Å²) in [6.07, 6.45) is 0. The third kappa shape index (κ3) is 6.47. The number of nitrogens with one attached hydrogen (secondary N) is 3. The van der Waals surface area contributed by atoms with Crippen molar-refractivity contribution >= 4 is 68.1 Å². The molecule has 0 fully saturated rings. The molecule has 0 aliphatic rings. The van der Waals surface area contributed by atoms with E-state index in [0.29, 0.717) is 17.8 Å². The van der Waals surface area contributed by atoms with Gasteiger partial charge >= 0.3 is 0 Å². The van der Waals surface area contributed by atoms with E-state index < -0.39 is 0 Å². The molecule has 3 N–H and O–H groups in total. The van der Waals surface area contributed by atoms with E-state index in [1.165, 1.54) is 0 Å². The molecule has 11 nitrogen and oxygen atoms in total. The van der Waals surface area contributed by atoms with Crippen LogP contribution in [0.1, 0.15) is 11.4 Å². The highest BCUT2D eigenvalue weighted by atomic mass is 16.5. The second-order valence-corrected chi connectivity index (χ2v) is 11.2. The Balaban J connectivity index is 1.38. The van der Waals surface area contributed by atoms with Crippen molar-refractivity contribution in [3.63, 3.8) is 0 Å². The molecule has 3 aromatic carbocycles. The molecule has 0 amide bonds. The highest BCUT2D eigenvalue weighted by Crippen LogP contribution is 2.31. The van der Waals surface area contributed by atoms with Crippen LogP contribution in [0.5, 0.6) is 5.75 Å². The molecule has 0 atom stereocenters. The number of benzene rings is 3. The number of aromatic nitrogens is 5. The van der Waals surface area contributed by atoms with E-state index in [2.05, 4.69) is 50.0 Å². The van der Waals surface area contributed by atoms with Crippen LogP contribution in [0.2, 0.25) is 0 Å². The first kappa shape index (κ1) is 29.4. The molecule has 0 aliphatic heterocycles. The first-order valence-electron chi connectivity index (χ1n) is 14.5. The van der Waals surface area contributed by atoms with Gasteiger partial charge in [-0.05, 0) is 86.6 Å². The van der Waals surface area contributed by atoms with Crippen molar-refractivity contribution < 1.29 is 4.74 Å². The Labute approximate surface area is 262 Å². The first-order chi connectivity index (χ1) is 21.6. The smallest absolute Gasteiger partial charge is 0.233 e. The van der Waals surface area contributed by atoms with Gasteiger partial charge in [0.05, 0.1) is 18.1 Å². The average molecular weight is 601 g/mol. The number of fused-ring (bicyclic) bond motifs is 2. The van der Waals surface area contributed by atoms with Gasteiger partial charge in [0.1, 0.15) is 5.75 Å². The lowest BCUT2D eigenvalue weighted by Gasteiger charge is -2.17. The predicted octanol–water partition coefficient (Wildman–Crippen LogP) is 6.96. The Morgan fingerprint density at radius 1 is 0.511 bits per heavy atom. The average Bonchev–Trinajstić information content (AvgIpc) is 3.00. The first-order valence-corrected chi connectivity index (χ1v) is 14.5. The van der Waals surface area contributed by atoms with Gasteiger partial charge in [-0.2, -0.15) is 15.0 Å². The molecule has 3 heterocycles. The van der Waals surface area contributed by atoms with Crippen LogP contribution in [-0.4, -0.2) is 60.2 Å². The number of nitrogens with zero attached hydrogens (tertiary/aromatic N) is 7. The number of hydrogen-bond donors (Lipinski definition) is 3. The Hall–Kier alpha value is -5.71. The largest absolute Gasteiger partial charge is 0.497 e. The van der Waals surface area contributed by atoms with Crippen molar-refractivity contribution in [3.05, 3.63) is 84.2 Å². The van der Waals surface area contributed by atoms with Crippen LogP contribution < -0.4 is 30.5 Å². The Kier molecular flexibility index (Phi) is 7.91. The maximum atomic E-state index is 5.31. The van der Waals surface area contributed by atoms with Gasteiger partial charge in [-0.1, -0.05) is 0 Å². The summed E-state index contributed by atoms with van der Waals surface area (Å²) in [5.41, 5.74) is 8.39. The molecule has 0 radical (unpaired) electrons. The molecular weight excluding hydrogens is 564 g/mol. The van der Waals surface area contributed by atoms with E-state index in [4.69, 9.17) is 29.7 Å². The Morgan fingerprint density at radius 3 is 1.31 bits per heavy atom. The van der Waals surface area contributed by atoms with E-state index in [0.717, 1.165) is 67.4 Å². The van der Waals surface area contributed by atoms with Crippen LogP contribution in [0, 0.1) is 13.8 Å². The standard InChI is InChI=1S/C34H36N10O/c1-20-16-30(43(3)4)26-18-23(10-14-28(26)35-20)38-33-40-32(37-22-8-12-25(45-7)13-9-22)41-34(42-33)39-24-11-15-29-27(19-24)31(44(5)6)17-21(2)36-29/h8-19H,1-7H3,(H3,37,38,39,40,41,42). The van der Waals surface area contributed by atoms with E-state index in [9.17, 15) is 0 Å². The minimum absolute atomic E-state index is 0.374. The van der Waals surface area contributed by atoms with Crippen LogP contribution in [-0.2, 0) is 0 Å². The number of rotatable bonds is 9. The lowest BCUT2D eigenvalue weighted by atomic mass is 10.1. The third-order valence-electron chi connectivity index (χ3n) is 7.29. The van der Waals surface area contributed by atoms with Gasteiger partial charge in [-0.25, -0.2) is 0 Å². The van der Waals surface area contributed by atoms with E-state index >= 15 is 0 Å². The van der Waals surface area contributed by atoms with Crippen molar-refractivity contribution in [2.45, 2.75) is 13.8 Å². The highest BCUT2D eigenvalue weighted by molar-refractivity contribution is 5.95. The lowest BCUT2D eigenvalue weighted by molar-refractivity contribution is 0.415. The third-order valence-corrected chi connectivity index (χ3v) is 7.29. The number of hydrogen-bond acceptors (Lipinski definition) is 11. The van der Waals surface area contributed by atoms with Crippen molar-refractivity contribution in [2.75, 3.05) is 61.1 Å². The number of anilines is 8. The minimum Gasteiger partial charge on any atom is -0.497 e. The minimum atomic E-state index is 0.374. The highest BCUT2D eigenvalue weighted by Gasteiger charge is 2.13. The van der Waals surface area contributed by atoms with Gasteiger partial charge in [0, 0.05) is 78.8 Å². The molecule has 0 bridgehead atoms. The summed E-state index contributed by atoms with van der Waals surface area (Å²) in [4.78, 5) is 27.7. The zero-order valence-corrected chi connectivity index (χ0v) is 26.5. The topological polar surface area (TPSA) is 116 Å². The lowest BCUT2D eigenvalue weighted by Crippen LogP contribution is -2.10. The van der Waals surface area contributed by atoms with Crippen LogP contribution in [0.3, 0.4) is 0 Å². The SMILES string of the molecule is COc1ccc(Nc2nc(Nc3ccc4nc(C)cc(N(C)C)c4c3)nc(Nc3ccc4nc(C)cc(N(C)C)c4c3)n2)cc1. The number of methoxy groups -OCH3 is 1. The predicted molar refractivity (Wildman–Crippen MR) is 184 cm³/mol. The molecule has 0 unspecified atom stereocenters. The maximum absolute atomic E-state index is 5.31. The molecule has 6 rings (SSSR count). The van der Waals surface area contributed by atoms with E-state index in [1.54, 1.807) is 7.11 Å². The zero-order valence-electron chi connectivity index (χ0n) is 26.5. The van der Waals surface area contributed by atoms with Crippen molar-refractivity contribution in [1.29, 1.82) is 0 Å². The van der Waals surface area contributed by atoms with Crippen LogP contribution in [0.4, 0.5) is 46.3 Å². The molecule has 0 aliphatic carbocycles. The fourth-order valence-corrected chi connectivity index (χ4v) is 5.17. The second-order valence-electron chi connectivity index (χ2n) is 11.2. The second kappa shape index (κ2) is 12.1. The van der Waals surface area contributed by atoms with E-state index in [1.807, 2.05) is 90.6 Å². The summed E-state index contributed by atoms with van der Waals surface area (Å²) >= 11 is 0. The van der Waals surface area contributed by atoms with Gasteiger partial charge in [-0.15, -0.1) is 0 Å². The summed E-state index contributed by atoms with van der Waals surface area (Å²) in [6, 6.07) is 23.8. The van der Waals surface area contributed by atoms with Gasteiger partial charge in [0.25, 0.3) is 0 Å². The molecule has 0 saturated heterocycles. The van der Waals surface area contributed by atoms with E-state index in [-0.39, 0.29) is 0 Å². The summed E-state index contributed by atoms with van der Waals surface area (Å²) in [7, 11) is 9.75.